The second kappa shape index (κ2) is 8.50. The fourth-order valence-electron chi connectivity index (χ4n) is 3.27. The number of anilines is 1. The van der Waals surface area contributed by atoms with Crippen molar-refractivity contribution in [3.8, 4) is 0 Å². The Morgan fingerprint density at radius 3 is 3.04 bits per heavy atom. The van der Waals surface area contributed by atoms with Crippen LogP contribution in [0, 0.1) is 0 Å². The van der Waals surface area contributed by atoms with Crippen molar-refractivity contribution in [2.24, 2.45) is 0 Å². The number of pyridine rings is 1. The molecule has 4 rings (SSSR count). The van der Waals surface area contributed by atoms with Crippen LogP contribution in [0.15, 0.2) is 48.0 Å². The van der Waals surface area contributed by atoms with Crippen LogP contribution in [0.3, 0.4) is 0 Å². The van der Waals surface area contributed by atoms with Crippen molar-refractivity contribution in [2.75, 3.05) is 24.2 Å². The topological polar surface area (TPSA) is 45.2 Å². The van der Waals surface area contributed by atoms with Gasteiger partial charge in [0.05, 0.1) is 11.3 Å². The summed E-state index contributed by atoms with van der Waals surface area (Å²) in [5, 5.41) is 7.53. The van der Waals surface area contributed by atoms with Gasteiger partial charge in [0, 0.05) is 40.3 Å². The van der Waals surface area contributed by atoms with E-state index in [1.165, 1.54) is 4.88 Å². The zero-order valence-electron chi connectivity index (χ0n) is 14.7. The highest BCUT2D eigenvalue weighted by molar-refractivity contribution is 8.00. The third-order valence-electron chi connectivity index (χ3n) is 4.60. The van der Waals surface area contributed by atoms with Gasteiger partial charge in [-0.15, -0.1) is 23.1 Å². The molecule has 27 heavy (non-hydrogen) atoms. The number of nitrogens with one attached hydrogen (secondary N) is 1. The summed E-state index contributed by atoms with van der Waals surface area (Å²) in [6, 6.07) is 11.9. The minimum Gasteiger partial charge on any atom is -0.384 e. The zero-order valence-corrected chi connectivity index (χ0v) is 17.1. The van der Waals surface area contributed by atoms with Crippen molar-refractivity contribution in [3.05, 3.63) is 57.9 Å². The second-order valence-corrected chi connectivity index (χ2v) is 8.90. The first kappa shape index (κ1) is 18.6. The van der Waals surface area contributed by atoms with Gasteiger partial charge in [-0.2, -0.15) is 0 Å². The third-order valence-corrected chi connectivity index (χ3v) is 7.15. The fourth-order valence-corrected chi connectivity index (χ4v) is 5.63. The van der Waals surface area contributed by atoms with Crippen molar-refractivity contribution < 1.29 is 4.79 Å². The summed E-state index contributed by atoms with van der Waals surface area (Å²) in [4.78, 5) is 19.9. The number of rotatable bonds is 7. The first-order valence-corrected chi connectivity index (χ1v) is 11.3. The third kappa shape index (κ3) is 4.23. The van der Waals surface area contributed by atoms with E-state index in [4.69, 9.17) is 11.6 Å². The van der Waals surface area contributed by atoms with Gasteiger partial charge in [0.25, 0.3) is 0 Å². The number of thiophene rings is 1. The van der Waals surface area contributed by atoms with Crippen molar-refractivity contribution >= 4 is 57.2 Å². The molecule has 3 aromatic rings. The Balaban J connectivity index is 1.30. The van der Waals surface area contributed by atoms with Gasteiger partial charge < -0.3 is 10.2 Å². The molecule has 1 aliphatic heterocycles. The summed E-state index contributed by atoms with van der Waals surface area (Å²) < 4.78 is 0. The normalized spacial score (nSPS) is 17.0. The number of carbonyl (C=O) groups excluding carboxylic acids is 1. The number of thioether (sulfide) groups is 1. The van der Waals surface area contributed by atoms with Gasteiger partial charge in [-0.25, -0.2) is 0 Å². The highest BCUT2D eigenvalue weighted by Crippen LogP contribution is 2.40. The molecular formula is C20H20ClN3OS2. The summed E-state index contributed by atoms with van der Waals surface area (Å²) in [5.41, 5.74) is 1.96. The molecule has 4 nitrogen and oxygen atoms in total. The van der Waals surface area contributed by atoms with Crippen LogP contribution in [0.2, 0.25) is 5.02 Å². The molecule has 0 saturated carbocycles. The van der Waals surface area contributed by atoms with E-state index in [1.807, 2.05) is 29.2 Å². The molecule has 1 aliphatic rings. The number of fused-ring (bicyclic) bond motifs is 1. The molecule has 3 heterocycles. The standard InChI is InChI=1S/C20H20ClN3OS2/c21-14-5-6-15-16(7-9-23-17(15)12-14)22-8-1-2-10-24-19(25)13-27-20(24)18-4-3-11-26-18/h3-7,9,11-12,20H,1-2,8,10,13H2,(H,22,23). The molecule has 0 radical (unpaired) electrons. The molecule has 1 amide bonds. The number of carbonyl (C=O) groups is 1. The van der Waals surface area contributed by atoms with E-state index >= 15 is 0 Å². The predicted molar refractivity (Wildman–Crippen MR) is 116 cm³/mol. The lowest BCUT2D eigenvalue weighted by molar-refractivity contribution is -0.128. The predicted octanol–water partition coefficient (Wildman–Crippen LogP) is 5.42. The van der Waals surface area contributed by atoms with E-state index in [1.54, 1.807) is 29.3 Å². The summed E-state index contributed by atoms with van der Waals surface area (Å²) in [6.45, 7) is 1.67. The van der Waals surface area contributed by atoms with Crippen LogP contribution in [0.25, 0.3) is 10.9 Å². The zero-order chi connectivity index (χ0) is 18.6. The SMILES string of the molecule is O=C1CSC(c2cccs2)N1CCCCNc1ccnc2cc(Cl)ccc12. The number of halogens is 1. The molecule has 0 aliphatic carbocycles. The van der Waals surface area contributed by atoms with E-state index in [0.29, 0.717) is 10.8 Å². The van der Waals surface area contributed by atoms with E-state index in [-0.39, 0.29) is 11.3 Å². The maximum Gasteiger partial charge on any atom is 0.233 e. The molecule has 7 heteroatoms. The molecule has 0 spiro atoms. The van der Waals surface area contributed by atoms with Gasteiger partial charge >= 0.3 is 0 Å². The van der Waals surface area contributed by atoms with Crippen LogP contribution in [-0.2, 0) is 4.79 Å². The summed E-state index contributed by atoms with van der Waals surface area (Å²) >= 11 is 9.51. The number of unbranched alkanes of at least 4 members (excludes halogenated alkanes) is 1. The average Bonchev–Trinajstić information content (AvgIpc) is 3.31. The molecule has 1 saturated heterocycles. The van der Waals surface area contributed by atoms with Crippen molar-refractivity contribution in [1.82, 2.24) is 9.88 Å². The van der Waals surface area contributed by atoms with E-state index in [0.717, 1.165) is 42.5 Å². The van der Waals surface area contributed by atoms with Crippen LogP contribution in [0.4, 0.5) is 5.69 Å². The quantitative estimate of drug-likeness (QED) is 0.521. The smallest absolute Gasteiger partial charge is 0.233 e. The molecule has 2 aromatic heterocycles. The minimum atomic E-state index is 0.194. The molecule has 1 atom stereocenters. The van der Waals surface area contributed by atoms with Crippen LogP contribution < -0.4 is 5.32 Å². The number of hydrogen-bond donors (Lipinski definition) is 1. The Bertz CT molecular complexity index is 932. The van der Waals surface area contributed by atoms with Crippen LogP contribution in [-0.4, -0.2) is 34.6 Å². The highest BCUT2D eigenvalue weighted by atomic mass is 35.5. The number of nitrogens with zero attached hydrogens (tertiary/aromatic N) is 2. The molecule has 1 fully saturated rings. The molecule has 1 N–H and O–H groups in total. The molecule has 1 aromatic carbocycles. The number of hydrogen-bond acceptors (Lipinski definition) is 5. The number of benzene rings is 1. The van der Waals surface area contributed by atoms with Gasteiger partial charge in [0.2, 0.25) is 5.91 Å². The minimum absolute atomic E-state index is 0.194. The van der Waals surface area contributed by atoms with E-state index < -0.39 is 0 Å². The van der Waals surface area contributed by atoms with Gasteiger partial charge in [-0.3, -0.25) is 9.78 Å². The van der Waals surface area contributed by atoms with Crippen LogP contribution >= 0.6 is 34.7 Å². The van der Waals surface area contributed by atoms with Crippen LogP contribution in [0.1, 0.15) is 23.1 Å². The summed E-state index contributed by atoms with van der Waals surface area (Å²) in [7, 11) is 0. The molecule has 0 bridgehead atoms. The Morgan fingerprint density at radius 2 is 2.19 bits per heavy atom. The Morgan fingerprint density at radius 1 is 1.26 bits per heavy atom. The Kier molecular flexibility index (Phi) is 5.86. The summed E-state index contributed by atoms with van der Waals surface area (Å²) in [5.74, 6) is 0.843. The maximum atomic E-state index is 12.2. The summed E-state index contributed by atoms with van der Waals surface area (Å²) in [6.07, 6.45) is 3.78. The average molecular weight is 418 g/mol. The highest BCUT2D eigenvalue weighted by Gasteiger charge is 2.32. The van der Waals surface area contributed by atoms with Gasteiger partial charge in [-0.05, 0) is 48.6 Å². The van der Waals surface area contributed by atoms with E-state index in [9.17, 15) is 4.79 Å². The number of aromatic nitrogens is 1. The van der Waals surface area contributed by atoms with Crippen LogP contribution in [0.5, 0.6) is 0 Å². The van der Waals surface area contributed by atoms with Gasteiger partial charge in [-0.1, -0.05) is 17.7 Å². The lowest BCUT2D eigenvalue weighted by Crippen LogP contribution is -2.29. The maximum absolute atomic E-state index is 12.2. The van der Waals surface area contributed by atoms with Gasteiger partial charge in [0.1, 0.15) is 5.37 Å². The lowest BCUT2D eigenvalue weighted by atomic mass is 10.2. The Labute approximate surface area is 171 Å². The lowest BCUT2D eigenvalue weighted by Gasteiger charge is -2.23. The van der Waals surface area contributed by atoms with Crippen molar-refractivity contribution in [2.45, 2.75) is 18.2 Å². The van der Waals surface area contributed by atoms with Crippen molar-refractivity contribution in [3.63, 3.8) is 0 Å². The second-order valence-electron chi connectivity index (χ2n) is 6.42. The Hall–Kier alpha value is -1.76. The largest absolute Gasteiger partial charge is 0.384 e. The molecule has 140 valence electrons. The first-order chi connectivity index (χ1) is 13.2. The first-order valence-electron chi connectivity index (χ1n) is 8.95. The van der Waals surface area contributed by atoms with E-state index in [2.05, 4.69) is 27.8 Å². The monoisotopic (exact) mass is 417 g/mol. The molecule has 1 unspecified atom stereocenters. The van der Waals surface area contributed by atoms with Crippen molar-refractivity contribution in [1.29, 1.82) is 0 Å². The number of amides is 1. The molecular weight excluding hydrogens is 398 g/mol. The fraction of sp³-hybridized carbons (Fsp3) is 0.300. The van der Waals surface area contributed by atoms with Gasteiger partial charge in [0.15, 0.2) is 0 Å².